The number of aryl methyl sites for hydroxylation is 1. The highest BCUT2D eigenvalue weighted by Gasteiger charge is 2.50. The molecule has 0 spiro atoms. The van der Waals surface area contributed by atoms with Crippen molar-refractivity contribution in [2.24, 2.45) is 17.8 Å². The molecule has 1 aliphatic carbocycles. The van der Waals surface area contributed by atoms with E-state index in [2.05, 4.69) is 16.4 Å². The van der Waals surface area contributed by atoms with Gasteiger partial charge in [0.1, 0.15) is 0 Å². The van der Waals surface area contributed by atoms with E-state index < -0.39 is 53.5 Å². The molecule has 0 bridgehead atoms. The number of aromatic amines is 1. The van der Waals surface area contributed by atoms with E-state index in [1.54, 1.807) is 9.80 Å². The van der Waals surface area contributed by atoms with E-state index in [-0.39, 0.29) is 30.9 Å². The van der Waals surface area contributed by atoms with E-state index in [0.29, 0.717) is 45.0 Å². The average molecular weight is 510 g/mol. The van der Waals surface area contributed by atoms with E-state index in [1.165, 1.54) is 13.0 Å². The molecule has 3 aliphatic rings. The summed E-state index contributed by atoms with van der Waals surface area (Å²) in [6, 6.07) is 2.07. The van der Waals surface area contributed by atoms with Crippen LogP contribution in [0.4, 0.5) is 13.2 Å². The number of aromatic nitrogens is 1. The Hall–Kier alpha value is -2.91. The van der Waals surface area contributed by atoms with Crippen molar-refractivity contribution >= 4 is 11.8 Å². The zero-order valence-electron chi connectivity index (χ0n) is 20.0. The van der Waals surface area contributed by atoms with Crippen LogP contribution in [0.25, 0.3) is 0 Å². The van der Waals surface area contributed by atoms with Crippen molar-refractivity contribution in [1.29, 1.82) is 5.26 Å². The standard InChI is InChI=1S/C24H30F3N5O4/c1-13-8-16(19(25)23(34)29-13)22(33)30-15-2-3-32(12-15)20-17(21(26)27)9-14(11-28)10-18(20)24(35)31-4-6-36-7-5-31/h8,14-15,17-18,20-21H,2-7,9-10,12H2,1H3,(H,29,34)(H,30,33)/t14?,15-,17?,18?,20?/m1/s1. The van der Waals surface area contributed by atoms with Gasteiger partial charge in [0.15, 0.2) is 0 Å². The Kier molecular flexibility index (Phi) is 8.00. The first-order valence-corrected chi connectivity index (χ1v) is 12.2. The van der Waals surface area contributed by atoms with Crippen LogP contribution in [-0.4, -0.2) is 84.5 Å². The van der Waals surface area contributed by atoms with E-state index >= 15 is 0 Å². The molecule has 3 heterocycles. The maximum absolute atomic E-state index is 14.2. The number of morpholine rings is 1. The van der Waals surface area contributed by atoms with Crippen LogP contribution in [0.15, 0.2) is 10.9 Å². The third kappa shape index (κ3) is 5.42. The molecule has 4 unspecified atom stereocenters. The van der Waals surface area contributed by atoms with Crippen molar-refractivity contribution in [2.75, 3.05) is 39.4 Å². The highest BCUT2D eigenvalue weighted by atomic mass is 19.3. The van der Waals surface area contributed by atoms with Crippen LogP contribution in [0.2, 0.25) is 0 Å². The number of alkyl halides is 2. The maximum Gasteiger partial charge on any atom is 0.284 e. The summed E-state index contributed by atoms with van der Waals surface area (Å²) in [5.74, 6) is -4.77. The van der Waals surface area contributed by atoms with Crippen LogP contribution in [-0.2, 0) is 9.53 Å². The van der Waals surface area contributed by atoms with Gasteiger partial charge < -0.3 is 19.9 Å². The topological polar surface area (TPSA) is 119 Å². The van der Waals surface area contributed by atoms with E-state index in [4.69, 9.17) is 4.74 Å². The number of pyridine rings is 1. The molecule has 3 fully saturated rings. The first-order valence-electron chi connectivity index (χ1n) is 12.2. The van der Waals surface area contributed by atoms with Crippen LogP contribution in [0.5, 0.6) is 0 Å². The lowest BCUT2D eigenvalue weighted by molar-refractivity contribution is -0.147. The molecule has 2 aliphatic heterocycles. The van der Waals surface area contributed by atoms with Crippen LogP contribution in [0.3, 0.4) is 0 Å². The highest BCUT2D eigenvalue weighted by Crippen LogP contribution is 2.41. The summed E-state index contributed by atoms with van der Waals surface area (Å²) in [4.78, 5) is 43.5. The van der Waals surface area contributed by atoms with E-state index in [1.807, 2.05) is 0 Å². The zero-order chi connectivity index (χ0) is 26.0. The molecule has 5 atom stereocenters. The van der Waals surface area contributed by atoms with Gasteiger partial charge in [-0.1, -0.05) is 0 Å². The summed E-state index contributed by atoms with van der Waals surface area (Å²) >= 11 is 0. The molecule has 0 aromatic carbocycles. The number of nitrogens with one attached hydrogen (secondary N) is 2. The molecule has 1 saturated carbocycles. The number of hydrogen-bond acceptors (Lipinski definition) is 6. The number of ether oxygens (including phenoxy) is 1. The number of H-pyrrole nitrogens is 1. The maximum atomic E-state index is 14.2. The zero-order valence-corrected chi connectivity index (χ0v) is 20.0. The van der Waals surface area contributed by atoms with Crippen LogP contribution < -0.4 is 10.9 Å². The summed E-state index contributed by atoms with van der Waals surface area (Å²) in [5, 5.41) is 12.2. The number of halogens is 3. The number of carbonyl (C=O) groups is 2. The summed E-state index contributed by atoms with van der Waals surface area (Å²) in [5.41, 5.74) is -1.04. The van der Waals surface area contributed by atoms with Gasteiger partial charge in [0, 0.05) is 55.8 Å². The second kappa shape index (κ2) is 11.0. The molecule has 1 aromatic rings. The second-order valence-corrected chi connectivity index (χ2v) is 9.79. The minimum absolute atomic E-state index is 0.00344. The van der Waals surface area contributed by atoms with Crippen molar-refractivity contribution in [3.63, 3.8) is 0 Å². The van der Waals surface area contributed by atoms with Crippen molar-refractivity contribution in [1.82, 2.24) is 20.1 Å². The average Bonchev–Trinajstić information content (AvgIpc) is 3.33. The Labute approximate surface area is 206 Å². The fourth-order valence-electron chi connectivity index (χ4n) is 5.73. The number of likely N-dealkylation sites (tertiary alicyclic amines) is 1. The quantitative estimate of drug-likeness (QED) is 0.618. The molecule has 1 aromatic heterocycles. The van der Waals surface area contributed by atoms with E-state index in [0.717, 1.165) is 0 Å². The van der Waals surface area contributed by atoms with Crippen molar-refractivity contribution in [2.45, 2.75) is 44.7 Å². The van der Waals surface area contributed by atoms with Crippen molar-refractivity contribution in [3.05, 3.63) is 33.5 Å². The van der Waals surface area contributed by atoms with E-state index in [9.17, 15) is 32.8 Å². The van der Waals surface area contributed by atoms with Gasteiger partial charge >= 0.3 is 0 Å². The minimum Gasteiger partial charge on any atom is -0.378 e. The van der Waals surface area contributed by atoms with Gasteiger partial charge in [-0.2, -0.15) is 5.26 Å². The first kappa shape index (κ1) is 26.2. The molecule has 196 valence electrons. The molecule has 2 amide bonds. The third-order valence-corrected chi connectivity index (χ3v) is 7.42. The van der Waals surface area contributed by atoms with Gasteiger partial charge in [-0.3, -0.25) is 19.3 Å². The number of carbonyl (C=O) groups excluding carboxylic acids is 2. The Morgan fingerprint density at radius 1 is 1.25 bits per heavy atom. The van der Waals surface area contributed by atoms with Crippen LogP contribution >= 0.6 is 0 Å². The Morgan fingerprint density at radius 2 is 1.97 bits per heavy atom. The molecule has 36 heavy (non-hydrogen) atoms. The summed E-state index contributed by atoms with van der Waals surface area (Å²) in [6.45, 7) is 3.59. The molecule has 4 rings (SSSR count). The van der Waals surface area contributed by atoms with Gasteiger partial charge in [0.25, 0.3) is 11.5 Å². The predicted molar refractivity (Wildman–Crippen MR) is 122 cm³/mol. The minimum atomic E-state index is -2.71. The molecule has 2 N–H and O–H groups in total. The summed E-state index contributed by atoms with van der Waals surface area (Å²) in [7, 11) is 0. The smallest absolute Gasteiger partial charge is 0.284 e. The monoisotopic (exact) mass is 509 g/mol. The summed E-state index contributed by atoms with van der Waals surface area (Å²) in [6.07, 6.45) is -2.10. The lowest BCUT2D eigenvalue weighted by atomic mass is 9.70. The highest BCUT2D eigenvalue weighted by molar-refractivity contribution is 5.94. The number of rotatable bonds is 5. The fraction of sp³-hybridized carbons (Fsp3) is 0.667. The van der Waals surface area contributed by atoms with Gasteiger partial charge in [-0.25, -0.2) is 13.2 Å². The number of nitrogens with zero attached hydrogens (tertiary/aromatic N) is 3. The van der Waals surface area contributed by atoms with Crippen molar-refractivity contribution in [3.8, 4) is 6.07 Å². The lowest BCUT2D eigenvalue weighted by Crippen LogP contribution is -2.57. The second-order valence-electron chi connectivity index (χ2n) is 9.79. The molecule has 0 radical (unpaired) electrons. The molecule has 12 heteroatoms. The van der Waals surface area contributed by atoms with Gasteiger partial charge in [0.2, 0.25) is 18.1 Å². The molecule has 2 saturated heterocycles. The van der Waals surface area contributed by atoms with Gasteiger partial charge in [-0.05, 0) is 32.3 Å². The molecular weight excluding hydrogens is 479 g/mol. The fourth-order valence-corrected chi connectivity index (χ4v) is 5.73. The van der Waals surface area contributed by atoms with Crippen molar-refractivity contribution < 1.29 is 27.5 Å². The van der Waals surface area contributed by atoms with Gasteiger partial charge in [-0.15, -0.1) is 0 Å². The lowest BCUT2D eigenvalue weighted by Gasteiger charge is -2.45. The Bertz CT molecular complexity index is 1080. The van der Waals surface area contributed by atoms with Crippen LogP contribution in [0, 0.1) is 41.8 Å². The normalized spacial score (nSPS) is 29.2. The van der Waals surface area contributed by atoms with Crippen LogP contribution in [0.1, 0.15) is 35.3 Å². The Morgan fingerprint density at radius 3 is 2.64 bits per heavy atom. The summed E-state index contributed by atoms with van der Waals surface area (Å²) < 4.78 is 48.0. The molecular formula is C24H30F3N5O4. The third-order valence-electron chi connectivity index (χ3n) is 7.42. The predicted octanol–water partition coefficient (Wildman–Crippen LogP) is 1.29. The SMILES string of the molecule is Cc1cc(C(=O)N[C@@H]2CCN(C3C(C(=O)N4CCOCC4)CC(C#N)CC3C(F)F)C2)c(F)c(=O)[nH]1. The van der Waals surface area contributed by atoms with Gasteiger partial charge in [0.05, 0.1) is 30.8 Å². The molecule has 9 nitrogen and oxygen atoms in total. The largest absolute Gasteiger partial charge is 0.378 e. The Balaban J connectivity index is 1.52. The number of amides is 2. The number of hydrogen-bond donors (Lipinski definition) is 2. The number of nitriles is 1. The first-order chi connectivity index (χ1) is 17.2.